The predicted octanol–water partition coefficient (Wildman–Crippen LogP) is 0.211. The third-order valence-corrected chi connectivity index (χ3v) is 3.25. The van der Waals surface area contributed by atoms with E-state index in [-0.39, 0.29) is 68.2 Å². The van der Waals surface area contributed by atoms with E-state index in [1.165, 1.54) is 20.0 Å². The maximum absolute atomic E-state index is 13.3. The van der Waals surface area contributed by atoms with E-state index in [4.69, 9.17) is 4.74 Å². The minimum Gasteiger partial charge on any atom is -0.465 e. The number of methoxy groups -OCH3 is 1. The Balaban J connectivity index is 0.00000576. The molecule has 0 heterocycles. The Bertz CT molecular complexity index is 659. The molecule has 0 atom stereocenters. The Kier molecular flexibility index (Phi) is 8.70. The fourth-order valence-corrected chi connectivity index (χ4v) is 2.01. The van der Waals surface area contributed by atoms with Crippen LogP contribution in [0.25, 0.3) is 0 Å². The first-order chi connectivity index (χ1) is 10.8. The van der Waals surface area contributed by atoms with E-state index in [0.29, 0.717) is 0 Å². The summed E-state index contributed by atoms with van der Waals surface area (Å²) in [6.45, 7) is 0.728. The van der Waals surface area contributed by atoms with Crippen molar-refractivity contribution >= 4 is 30.2 Å². The quantitative estimate of drug-likeness (QED) is 0.552. The second-order valence-corrected chi connectivity index (χ2v) is 6.31. The minimum atomic E-state index is -5.37. The van der Waals surface area contributed by atoms with Gasteiger partial charge in [-0.1, -0.05) is 11.6 Å². The largest absolute Gasteiger partial charge is 1.00 e. The van der Waals surface area contributed by atoms with Gasteiger partial charge in [-0.3, -0.25) is 4.90 Å². The van der Waals surface area contributed by atoms with Crippen LogP contribution in [0, 0.1) is 6.92 Å². The molecule has 10 heteroatoms. The van der Waals surface area contributed by atoms with Gasteiger partial charge in [0.1, 0.15) is 5.60 Å². The number of nitrogens with zero attached hydrogens (tertiary/aromatic N) is 1. The first kappa shape index (κ1) is 24.5. The number of amides is 1. The van der Waals surface area contributed by atoms with E-state index in [0.717, 1.165) is 18.1 Å². The smallest absolute Gasteiger partial charge is 0.465 e. The average molecular weight is 385 g/mol. The van der Waals surface area contributed by atoms with E-state index in [9.17, 15) is 22.5 Å². The van der Waals surface area contributed by atoms with Gasteiger partial charge in [0.15, 0.2) is 0 Å². The molecule has 0 bridgehead atoms. The Morgan fingerprint density at radius 3 is 2.08 bits per heavy atom. The first-order valence-corrected chi connectivity index (χ1v) is 7.17. The standard InChI is InChI=1S/C15H20BF3NO4.K/c1-9-11(13(21)23-6)7-10(8-12(9)16(17,18)19)20(5)14(22)24-15(2,3)4;/h7-8H,1-6H3;/q-1;+1. The van der Waals surface area contributed by atoms with E-state index in [1.54, 1.807) is 20.8 Å². The summed E-state index contributed by atoms with van der Waals surface area (Å²) in [5.74, 6) is -0.909. The molecule has 0 N–H and O–H groups in total. The fourth-order valence-electron chi connectivity index (χ4n) is 2.01. The molecule has 0 unspecified atom stereocenters. The summed E-state index contributed by atoms with van der Waals surface area (Å²) < 4.78 is 49.5. The Morgan fingerprint density at radius 1 is 1.16 bits per heavy atom. The molecule has 0 aromatic heterocycles. The van der Waals surface area contributed by atoms with Crippen LogP contribution >= 0.6 is 0 Å². The van der Waals surface area contributed by atoms with Crippen molar-refractivity contribution in [1.29, 1.82) is 0 Å². The first-order valence-electron chi connectivity index (χ1n) is 7.17. The van der Waals surface area contributed by atoms with Crippen LogP contribution in [0.3, 0.4) is 0 Å². The van der Waals surface area contributed by atoms with Crippen molar-refractivity contribution in [2.75, 3.05) is 19.1 Å². The number of rotatable bonds is 3. The monoisotopic (exact) mass is 385 g/mol. The van der Waals surface area contributed by atoms with Gasteiger partial charge in [0.05, 0.1) is 12.7 Å². The summed E-state index contributed by atoms with van der Waals surface area (Å²) in [6.07, 6.45) is -0.831. The van der Waals surface area contributed by atoms with Gasteiger partial charge in [-0.2, -0.15) is 0 Å². The number of halogens is 3. The summed E-state index contributed by atoms with van der Waals surface area (Å²) >= 11 is 0. The van der Waals surface area contributed by atoms with Gasteiger partial charge in [0.2, 0.25) is 0 Å². The Morgan fingerprint density at radius 2 is 1.68 bits per heavy atom. The zero-order chi connectivity index (χ0) is 18.9. The fraction of sp³-hybridized carbons (Fsp3) is 0.467. The van der Waals surface area contributed by atoms with Gasteiger partial charge in [0.25, 0.3) is 0 Å². The molecule has 0 aliphatic carbocycles. The van der Waals surface area contributed by atoms with Crippen molar-refractivity contribution in [3.63, 3.8) is 0 Å². The van der Waals surface area contributed by atoms with Gasteiger partial charge in [0, 0.05) is 12.7 Å². The molecule has 0 saturated carbocycles. The summed E-state index contributed by atoms with van der Waals surface area (Å²) in [4.78, 5) is 24.8. The van der Waals surface area contributed by atoms with Gasteiger partial charge in [-0.15, -0.1) is 5.46 Å². The van der Waals surface area contributed by atoms with Crippen molar-refractivity contribution in [2.45, 2.75) is 33.3 Å². The molecule has 134 valence electrons. The molecular formula is C15H20BF3KNO4. The van der Waals surface area contributed by atoms with Gasteiger partial charge >= 0.3 is 70.4 Å². The molecule has 0 aliphatic rings. The molecule has 0 fully saturated rings. The molecule has 1 amide bonds. The second kappa shape index (κ2) is 8.90. The predicted molar refractivity (Wildman–Crippen MR) is 85.9 cm³/mol. The SMILES string of the molecule is COC(=O)c1cc(N(C)C(=O)OC(C)(C)C)cc([B-](F)(F)F)c1C.[K+]. The molecule has 0 spiro atoms. The molecule has 5 nitrogen and oxygen atoms in total. The van der Waals surface area contributed by atoms with Crippen LogP contribution < -0.4 is 61.7 Å². The zero-order valence-electron chi connectivity index (χ0n) is 15.4. The molecule has 0 saturated heterocycles. The van der Waals surface area contributed by atoms with Crippen molar-refractivity contribution < 1.29 is 83.4 Å². The summed E-state index contributed by atoms with van der Waals surface area (Å²) in [5.41, 5.74) is -2.36. The maximum Gasteiger partial charge on any atom is 1.00 e. The van der Waals surface area contributed by atoms with Gasteiger partial charge < -0.3 is 22.4 Å². The summed E-state index contributed by atoms with van der Waals surface area (Å²) in [7, 11) is 2.34. The van der Waals surface area contributed by atoms with Crippen LogP contribution in [0.2, 0.25) is 0 Å². The number of carbonyl (C=O) groups is 2. The number of ether oxygens (including phenoxy) is 2. The number of benzene rings is 1. The zero-order valence-corrected chi connectivity index (χ0v) is 18.6. The Labute approximate surface area is 187 Å². The minimum absolute atomic E-state index is 0. The van der Waals surface area contributed by atoms with E-state index >= 15 is 0 Å². The van der Waals surface area contributed by atoms with Crippen LogP contribution in [0.15, 0.2) is 12.1 Å². The molecule has 1 aromatic carbocycles. The normalized spacial score (nSPS) is 11.4. The van der Waals surface area contributed by atoms with Gasteiger partial charge in [-0.05, 0) is 33.8 Å². The maximum atomic E-state index is 13.3. The average Bonchev–Trinajstić information content (AvgIpc) is 2.42. The van der Waals surface area contributed by atoms with Crippen molar-refractivity contribution in [2.24, 2.45) is 0 Å². The topological polar surface area (TPSA) is 55.8 Å². The van der Waals surface area contributed by atoms with Crippen molar-refractivity contribution in [3.8, 4) is 0 Å². The van der Waals surface area contributed by atoms with Crippen molar-refractivity contribution in [1.82, 2.24) is 0 Å². The van der Waals surface area contributed by atoms with E-state index in [2.05, 4.69) is 4.74 Å². The van der Waals surface area contributed by atoms with Crippen molar-refractivity contribution in [3.05, 3.63) is 23.3 Å². The molecule has 1 rings (SSSR count). The third kappa shape index (κ3) is 6.59. The molecule has 0 radical (unpaired) electrons. The number of carbonyl (C=O) groups excluding carboxylic acids is 2. The van der Waals surface area contributed by atoms with Crippen LogP contribution in [0.1, 0.15) is 36.7 Å². The number of hydrogen-bond donors (Lipinski definition) is 0. The molecule has 0 aliphatic heterocycles. The van der Waals surface area contributed by atoms with Crippen LogP contribution in [-0.2, 0) is 9.47 Å². The van der Waals surface area contributed by atoms with E-state index in [1.807, 2.05) is 0 Å². The van der Waals surface area contributed by atoms with E-state index < -0.39 is 30.1 Å². The summed E-state index contributed by atoms with van der Waals surface area (Å²) in [6, 6.07) is 2.00. The molecular weight excluding hydrogens is 365 g/mol. The Hall–Kier alpha value is -0.549. The molecule has 1 aromatic rings. The second-order valence-electron chi connectivity index (χ2n) is 6.31. The molecule has 25 heavy (non-hydrogen) atoms. The van der Waals surface area contributed by atoms with Crippen LogP contribution in [0.5, 0.6) is 0 Å². The third-order valence-electron chi connectivity index (χ3n) is 3.25. The number of esters is 1. The summed E-state index contributed by atoms with van der Waals surface area (Å²) in [5, 5.41) is 0. The number of anilines is 1. The number of hydrogen-bond acceptors (Lipinski definition) is 4. The van der Waals surface area contributed by atoms with Crippen LogP contribution in [-0.4, -0.2) is 38.8 Å². The van der Waals surface area contributed by atoms with Crippen LogP contribution in [0.4, 0.5) is 23.4 Å². The van der Waals surface area contributed by atoms with Gasteiger partial charge in [-0.25, -0.2) is 9.59 Å².